The second kappa shape index (κ2) is 6.69. The molecule has 0 aromatic rings. The van der Waals surface area contributed by atoms with Crippen LogP contribution in [-0.2, 0) is 9.53 Å². The lowest BCUT2D eigenvalue weighted by molar-refractivity contribution is -0.140. The summed E-state index contributed by atoms with van der Waals surface area (Å²) in [5.74, 6) is -0.123. The van der Waals surface area contributed by atoms with Crippen molar-refractivity contribution < 1.29 is 9.53 Å². The molecule has 0 radical (unpaired) electrons. The molecule has 0 aliphatic rings. The van der Waals surface area contributed by atoms with E-state index in [2.05, 4.69) is 4.74 Å². The fourth-order valence-corrected chi connectivity index (χ4v) is 0.306. The van der Waals surface area contributed by atoms with Gasteiger partial charge in [0.1, 0.15) is 0 Å². The minimum atomic E-state index is -0.123. The smallest absolute Gasteiger partial charge is 0.305 e. The Labute approximate surface area is 54.2 Å². The minimum Gasteiger partial charge on any atom is -0.469 e. The summed E-state index contributed by atoms with van der Waals surface area (Å²) in [7, 11) is 1.40. The Bertz CT molecular complexity index is 63.4. The number of carbonyl (C=O) groups is 1. The van der Waals surface area contributed by atoms with Gasteiger partial charge in [0.2, 0.25) is 0 Å². The molecule has 3 heteroatoms. The molecule has 8 heavy (non-hydrogen) atoms. The molecule has 0 saturated carbocycles. The average Bonchev–Trinajstić information content (AvgIpc) is 1.68. The predicted molar refractivity (Wildman–Crippen MR) is 38.3 cm³/mol. The summed E-state index contributed by atoms with van der Waals surface area (Å²) in [6, 6.07) is 0. The van der Waals surface area contributed by atoms with E-state index in [0.717, 1.165) is 6.42 Å². The summed E-state index contributed by atoms with van der Waals surface area (Å²) in [5, 5.41) is 0. The molecule has 0 aliphatic carbocycles. The molecule has 0 spiro atoms. The Morgan fingerprint density at radius 1 is 1.62 bits per heavy atom. The molecule has 0 heterocycles. The number of ether oxygens (including phenoxy) is 1. The lowest BCUT2D eigenvalue weighted by Gasteiger charge is -1.91. The van der Waals surface area contributed by atoms with Crippen molar-refractivity contribution in [2.75, 3.05) is 7.11 Å². The molecule has 0 atom stereocenters. The predicted octanol–water partition coefficient (Wildman–Crippen LogP) is -0.492. The highest BCUT2D eigenvalue weighted by Crippen LogP contribution is 1.86. The van der Waals surface area contributed by atoms with E-state index in [9.17, 15) is 4.79 Å². The maximum Gasteiger partial charge on any atom is 0.305 e. The van der Waals surface area contributed by atoms with E-state index in [-0.39, 0.29) is 16.9 Å². The topological polar surface area (TPSA) is 26.3 Å². The Morgan fingerprint density at radius 3 is 2.25 bits per heavy atom. The van der Waals surface area contributed by atoms with Crippen LogP contribution in [0.3, 0.4) is 0 Å². The van der Waals surface area contributed by atoms with Crippen molar-refractivity contribution in [3.8, 4) is 0 Å². The monoisotopic (exact) mass is 134 g/mol. The first kappa shape index (κ1) is 10.6. The van der Waals surface area contributed by atoms with E-state index in [1.807, 2.05) is 6.92 Å². The molecule has 0 aromatic carbocycles. The number of esters is 1. The lowest BCUT2D eigenvalue weighted by Crippen LogP contribution is -1.97. The van der Waals surface area contributed by atoms with Crippen molar-refractivity contribution in [1.82, 2.24) is 0 Å². The lowest BCUT2D eigenvalue weighted by atomic mass is 10.3. The van der Waals surface area contributed by atoms with Crippen molar-refractivity contribution in [3.63, 3.8) is 0 Å². The van der Waals surface area contributed by atoms with E-state index in [4.69, 9.17) is 0 Å². The van der Waals surface area contributed by atoms with Gasteiger partial charge in [-0.3, -0.25) is 4.79 Å². The quantitative estimate of drug-likeness (QED) is 0.376. The van der Waals surface area contributed by atoms with Crippen molar-refractivity contribution in [3.05, 3.63) is 0 Å². The normalized spacial score (nSPS) is 7.25. The van der Waals surface area contributed by atoms with E-state index in [1.165, 1.54) is 7.11 Å². The molecule has 2 nitrogen and oxygen atoms in total. The van der Waals surface area contributed by atoms with E-state index in [1.54, 1.807) is 0 Å². The summed E-state index contributed by atoms with van der Waals surface area (Å²) in [6.07, 6.45) is 1.41. The number of hydrogen-bond acceptors (Lipinski definition) is 2. The minimum absolute atomic E-state index is 0. The standard InChI is InChI=1S/C5H10O2.H4Si/c1-3-4-5(6)7-2;/h3-4H2,1-2H3;1H4. The molecule has 0 bridgehead atoms. The van der Waals surface area contributed by atoms with Crippen LogP contribution in [0, 0.1) is 0 Å². The molecule has 0 unspecified atom stereocenters. The molecule has 0 rings (SSSR count). The highest BCUT2D eigenvalue weighted by Gasteiger charge is 1.92. The Hall–Kier alpha value is -0.313. The highest BCUT2D eigenvalue weighted by molar-refractivity contribution is 5.75. The second-order valence-electron chi connectivity index (χ2n) is 1.33. The first-order valence-corrected chi connectivity index (χ1v) is 2.38. The highest BCUT2D eigenvalue weighted by atomic mass is 28.1. The molecule has 0 fully saturated rings. The van der Waals surface area contributed by atoms with E-state index >= 15 is 0 Å². The van der Waals surface area contributed by atoms with Gasteiger partial charge in [0.05, 0.1) is 7.11 Å². The van der Waals surface area contributed by atoms with Crippen LogP contribution in [0.15, 0.2) is 0 Å². The summed E-state index contributed by atoms with van der Waals surface area (Å²) in [6.45, 7) is 1.94. The van der Waals surface area contributed by atoms with Gasteiger partial charge < -0.3 is 4.74 Å². The van der Waals surface area contributed by atoms with Crippen LogP contribution in [-0.4, -0.2) is 24.0 Å². The number of methoxy groups -OCH3 is 1. The zero-order chi connectivity index (χ0) is 5.70. The van der Waals surface area contributed by atoms with E-state index in [0.29, 0.717) is 6.42 Å². The van der Waals surface area contributed by atoms with Gasteiger partial charge >= 0.3 is 5.97 Å². The van der Waals surface area contributed by atoms with Gasteiger partial charge in [0.15, 0.2) is 0 Å². The molecule has 0 N–H and O–H groups in total. The average molecular weight is 134 g/mol. The maximum atomic E-state index is 10.2. The molecular weight excluding hydrogens is 120 g/mol. The number of rotatable bonds is 2. The van der Waals surface area contributed by atoms with Gasteiger partial charge in [-0.2, -0.15) is 0 Å². The van der Waals surface area contributed by atoms with Crippen LogP contribution in [0.1, 0.15) is 19.8 Å². The molecule has 50 valence electrons. The maximum absolute atomic E-state index is 10.2. The molecule has 0 saturated heterocycles. The largest absolute Gasteiger partial charge is 0.469 e. The van der Waals surface area contributed by atoms with Gasteiger partial charge in [-0.05, 0) is 17.4 Å². The SMILES string of the molecule is CCCC(=O)OC.[SiH4]. The fourth-order valence-electron chi connectivity index (χ4n) is 0.306. The summed E-state index contributed by atoms with van der Waals surface area (Å²) < 4.78 is 4.35. The van der Waals surface area contributed by atoms with Crippen molar-refractivity contribution >= 4 is 16.9 Å². The number of carbonyl (C=O) groups excluding carboxylic acids is 1. The molecule has 0 aromatic heterocycles. The second-order valence-corrected chi connectivity index (χ2v) is 1.33. The summed E-state index contributed by atoms with van der Waals surface area (Å²) in [5.41, 5.74) is 0. The summed E-state index contributed by atoms with van der Waals surface area (Å²) in [4.78, 5) is 10.2. The van der Waals surface area contributed by atoms with E-state index < -0.39 is 0 Å². The van der Waals surface area contributed by atoms with Crippen LogP contribution >= 0.6 is 0 Å². The van der Waals surface area contributed by atoms with Gasteiger partial charge in [-0.15, -0.1) is 0 Å². The fraction of sp³-hybridized carbons (Fsp3) is 0.800. The Morgan fingerprint density at radius 2 is 2.12 bits per heavy atom. The van der Waals surface area contributed by atoms with Gasteiger partial charge in [0.25, 0.3) is 0 Å². The van der Waals surface area contributed by atoms with Crippen molar-refractivity contribution in [2.45, 2.75) is 19.8 Å². The van der Waals surface area contributed by atoms with Gasteiger partial charge in [-0.1, -0.05) is 6.92 Å². The van der Waals surface area contributed by atoms with Crippen molar-refractivity contribution in [2.24, 2.45) is 0 Å². The van der Waals surface area contributed by atoms with Crippen LogP contribution in [0.2, 0.25) is 0 Å². The van der Waals surface area contributed by atoms with Crippen molar-refractivity contribution in [1.29, 1.82) is 0 Å². The Balaban J connectivity index is 0. The number of hydrogen-bond donors (Lipinski definition) is 0. The third-order valence-electron chi connectivity index (χ3n) is 0.682. The zero-order valence-corrected chi connectivity index (χ0v) is 4.73. The van der Waals surface area contributed by atoms with Gasteiger partial charge in [0, 0.05) is 6.42 Å². The molecule has 0 amide bonds. The van der Waals surface area contributed by atoms with Crippen LogP contribution in [0.5, 0.6) is 0 Å². The summed E-state index contributed by atoms with van der Waals surface area (Å²) >= 11 is 0. The molecule has 0 aliphatic heterocycles. The zero-order valence-electron chi connectivity index (χ0n) is 4.73. The first-order valence-electron chi connectivity index (χ1n) is 2.38. The van der Waals surface area contributed by atoms with Crippen LogP contribution in [0.25, 0.3) is 0 Å². The van der Waals surface area contributed by atoms with Gasteiger partial charge in [-0.25, -0.2) is 0 Å². The van der Waals surface area contributed by atoms with Crippen LogP contribution < -0.4 is 0 Å². The van der Waals surface area contributed by atoms with Crippen LogP contribution in [0.4, 0.5) is 0 Å². The third-order valence-corrected chi connectivity index (χ3v) is 0.682. The first-order chi connectivity index (χ1) is 3.31. The third kappa shape index (κ3) is 5.69. The molecular formula is C5H14O2Si. The Kier molecular flexibility index (Phi) is 8.88.